The molecule has 1 N–H and O–H groups in total. The van der Waals surface area contributed by atoms with E-state index in [0.717, 1.165) is 17.4 Å². The molecule has 0 saturated carbocycles. The highest BCUT2D eigenvalue weighted by Crippen LogP contribution is 2.21. The van der Waals surface area contributed by atoms with Gasteiger partial charge in [-0.2, -0.15) is 0 Å². The molecule has 0 bridgehead atoms. The molecule has 0 heterocycles. The molecule has 21 heavy (non-hydrogen) atoms. The molecule has 1 unspecified atom stereocenters. The molecule has 112 valence electrons. The van der Waals surface area contributed by atoms with Crippen LogP contribution in [0.25, 0.3) is 0 Å². The molecule has 1 nitrogen and oxygen atoms in total. The first-order valence-corrected chi connectivity index (χ1v) is 8.59. The van der Waals surface area contributed by atoms with Gasteiger partial charge in [0.2, 0.25) is 0 Å². The zero-order valence-electron chi connectivity index (χ0n) is 12.9. The Morgan fingerprint density at radius 1 is 0.905 bits per heavy atom. The maximum atomic E-state index is 3.60. The number of nitrogens with one attached hydrogen (secondary N) is 1. The molecule has 0 saturated heterocycles. The second-order valence-electron chi connectivity index (χ2n) is 5.43. The summed E-state index contributed by atoms with van der Waals surface area (Å²) in [7, 11) is 0. The molecule has 1 atom stereocenters. The van der Waals surface area contributed by atoms with Gasteiger partial charge in [0.1, 0.15) is 0 Å². The maximum absolute atomic E-state index is 3.60. The van der Waals surface area contributed by atoms with Crippen LogP contribution in [-0.4, -0.2) is 6.54 Å². The molecule has 0 aliphatic heterocycles. The first-order chi connectivity index (χ1) is 10.2. The molecule has 0 aliphatic rings. The van der Waals surface area contributed by atoms with E-state index in [4.69, 9.17) is 0 Å². The zero-order valence-corrected chi connectivity index (χ0v) is 14.5. The second-order valence-corrected chi connectivity index (χ2v) is 6.35. The molecule has 0 aliphatic carbocycles. The number of hydrogen-bond acceptors (Lipinski definition) is 1. The molecule has 2 heteroatoms. The lowest BCUT2D eigenvalue weighted by Gasteiger charge is -2.19. The summed E-state index contributed by atoms with van der Waals surface area (Å²) in [5, 5.41) is 3.60. The average Bonchev–Trinajstić information content (AvgIpc) is 2.50. The fourth-order valence-corrected chi connectivity index (χ4v) is 2.88. The summed E-state index contributed by atoms with van der Waals surface area (Å²) in [4.78, 5) is 0. The van der Waals surface area contributed by atoms with E-state index in [1.165, 1.54) is 29.5 Å². The topological polar surface area (TPSA) is 12.0 Å². The van der Waals surface area contributed by atoms with Gasteiger partial charge in [-0.3, -0.25) is 0 Å². The smallest absolute Gasteiger partial charge is 0.0360 e. The maximum Gasteiger partial charge on any atom is 0.0360 e. The minimum Gasteiger partial charge on any atom is -0.310 e. The van der Waals surface area contributed by atoms with Crippen molar-refractivity contribution in [1.29, 1.82) is 0 Å². The number of likely N-dealkylation sites (N-methyl/N-ethyl adjacent to an activating group) is 1. The Balaban J connectivity index is 2.12. The van der Waals surface area contributed by atoms with Crippen molar-refractivity contribution >= 4 is 15.9 Å². The molecule has 0 aromatic heterocycles. The van der Waals surface area contributed by atoms with Crippen LogP contribution in [0.2, 0.25) is 0 Å². The van der Waals surface area contributed by atoms with Crippen molar-refractivity contribution in [1.82, 2.24) is 5.32 Å². The molecule has 2 aromatic carbocycles. The minimum atomic E-state index is 0.381. The SMILES string of the molecule is CCCc1ccc(C(Cc2ccc(Br)cc2)NCC)cc1. The van der Waals surface area contributed by atoms with Crippen LogP contribution in [0.15, 0.2) is 53.0 Å². The van der Waals surface area contributed by atoms with Crippen LogP contribution in [-0.2, 0) is 12.8 Å². The van der Waals surface area contributed by atoms with Gasteiger partial charge in [0, 0.05) is 10.5 Å². The van der Waals surface area contributed by atoms with Crippen LogP contribution in [0.3, 0.4) is 0 Å². The summed E-state index contributed by atoms with van der Waals surface area (Å²) in [6.07, 6.45) is 3.39. The fourth-order valence-electron chi connectivity index (χ4n) is 2.62. The molecule has 2 aromatic rings. The number of aryl methyl sites for hydroxylation is 1. The summed E-state index contributed by atoms with van der Waals surface area (Å²) >= 11 is 3.49. The first-order valence-electron chi connectivity index (χ1n) is 7.79. The monoisotopic (exact) mass is 345 g/mol. The lowest BCUT2D eigenvalue weighted by molar-refractivity contribution is 0.549. The van der Waals surface area contributed by atoms with Gasteiger partial charge in [-0.25, -0.2) is 0 Å². The van der Waals surface area contributed by atoms with Crippen molar-refractivity contribution in [3.8, 4) is 0 Å². The van der Waals surface area contributed by atoms with Crippen LogP contribution < -0.4 is 5.32 Å². The third-order valence-electron chi connectivity index (χ3n) is 3.72. The lowest BCUT2D eigenvalue weighted by Crippen LogP contribution is -2.22. The van der Waals surface area contributed by atoms with Gasteiger partial charge in [-0.15, -0.1) is 0 Å². The Bertz CT molecular complexity index is 530. The standard InChI is InChI=1S/C19H24BrN/c1-3-5-15-6-10-17(11-7-15)19(21-4-2)14-16-8-12-18(20)13-9-16/h6-13,19,21H,3-5,14H2,1-2H3. The van der Waals surface area contributed by atoms with Gasteiger partial charge in [-0.1, -0.05) is 72.6 Å². The Morgan fingerprint density at radius 3 is 2.10 bits per heavy atom. The molecule has 0 radical (unpaired) electrons. The van der Waals surface area contributed by atoms with Crippen LogP contribution >= 0.6 is 15.9 Å². The Labute approximate surface area is 136 Å². The third-order valence-corrected chi connectivity index (χ3v) is 4.25. The molecule has 2 rings (SSSR count). The largest absolute Gasteiger partial charge is 0.310 e. The first kappa shape index (κ1) is 16.3. The van der Waals surface area contributed by atoms with E-state index in [1.807, 2.05) is 0 Å². The average molecular weight is 346 g/mol. The van der Waals surface area contributed by atoms with Crippen LogP contribution in [0.5, 0.6) is 0 Å². The predicted octanol–water partition coefficient (Wildman–Crippen LogP) is 5.29. The Hall–Kier alpha value is -1.12. The van der Waals surface area contributed by atoms with E-state index in [2.05, 4.69) is 83.6 Å². The van der Waals surface area contributed by atoms with Crippen molar-refractivity contribution in [2.75, 3.05) is 6.54 Å². The number of hydrogen-bond donors (Lipinski definition) is 1. The van der Waals surface area contributed by atoms with Gasteiger partial charge >= 0.3 is 0 Å². The van der Waals surface area contributed by atoms with Crippen LogP contribution in [0, 0.1) is 0 Å². The van der Waals surface area contributed by atoms with Gasteiger partial charge < -0.3 is 5.32 Å². The number of benzene rings is 2. The van der Waals surface area contributed by atoms with Crippen molar-refractivity contribution in [2.45, 2.75) is 39.2 Å². The quantitative estimate of drug-likeness (QED) is 0.718. The highest BCUT2D eigenvalue weighted by atomic mass is 79.9. The third kappa shape index (κ3) is 4.98. The van der Waals surface area contributed by atoms with Gasteiger partial charge in [0.15, 0.2) is 0 Å². The van der Waals surface area contributed by atoms with E-state index in [-0.39, 0.29) is 0 Å². The molecular weight excluding hydrogens is 322 g/mol. The van der Waals surface area contributed by atoms with Crippen molar-refractivity contribution in [3.05, 3.63) is 69.7 Å². The molecule has 0 spiro atoms. The van der Waals surface area contributed by atoms with Gasteiger partial charge in [0.25, 0.3) is 0 Å². The fraction of sp³-hybridized carbons (Fsp3) is 0.368. The van der Waals surface area contributed by atoms with E-state index < -0.39 is 0 Å². The highest BCUT2D eigenvalue weighted by molar-refractivity contribution is 9.10. The minimum absolute atomic E-state index is 0.381. The lowest BCUT2D eigenvalue weighted by atomic mass is 9.97. The highest BCUT2D eigenvalue weighted by Gasteiger charge is 2.11. The van der Waals surface area contributed by atoms with E-state index in [0.29, 0.717) is 6.04 Å². The van der Waals surface area contributed by atoms with E-state index in [1.54, 1.807) is 0 Å². The Kier molecular flexibility index (Phi) is 6.47. The van der Waals surface area contributed by atoms with Gasteiger partial charge in [0.05, 0.1) is 0 Å². The Morgan fingerprint density at radius 2 is 1.52 bits per heavy atom. The molecule has 0 fully saturated rings. The van der Waals surface area contributed by atoms with Crippen molar-refractivity contribution in [2.24, 2.45) is 0 Å². The molecule has 0 amide bonds. The summed E-state index contributed by atoms with van der Waals surface area (Å²) in [5.74, 6) is 0. The zero-order chi connectivity index (χ0) is 15.1. The summed E-state index contributed by atoms with van der Waals surface area (Å²) in [6, 6.07) is 18.1. The summed E-state index contributed by atoms with van der Waals surface area (Å²) < 4.78 is 1.13. The second kappa shape index (κ2) is 8.35. The van der Waals surface area contributed by atoms with E-state index in [9.17, 15) is 0 Å². The molecular formula is C19H24BrN. The summed E-state index contributed by atoms with van der Waals surface area (Å²) in [6.45, 7) is 5.38. The normalized spacial score (nSPS) is 12.3. The number of halogens is 1. The van der Waals surface area contributed by atoms with Crippen molar-refractivity contribution < 1.29 is 0 Å². The predicted molar refractivity (Wildman–Crippen MR) is 94.7 cm³/mol. The van der Waals surface area contributed by atoms with Crippen LogP contribution in [0.1, 0.15) is 43.0 Å². The number of rotatable bonds is 7. The van der Waals surface area contributed by atoms with E-state index >= 15 is 0 Å². The van der Waals surface area contributed by atoms with Crippen LogP contribution in [0.4, 0.5) is 0 Å². The summed E-state index contributed by atoms with van der Waals surface area (Å²) in [5.41, 5.74) is 4.17. The van der Waals surface area contributed by atoms with Gasteiger partial charge in [-0.05, 0) is 48.2 Å². The van der Waals surface area contributed by atoms with Crippen molar-refractivity contribution in [3.63, 3.8) is 0 Å².